The summed E-state index contributed by atoms with van der Waals surface area (Å²) in [6, 6.07) is -4.93. The molecule has 34 heavy (non-hydrogen) atoms. The number of carboxylic acid groups (broad SMARTS) is 3. The number of hydrogen-bond donors (Lipinski definition) is 7. The van der Waals surface area contributed by atoms with Gasteiger partial charge >= 0.3 is 17.9 Å². The summed E-state index contributed by atoms with van der Waals surface area (Å²) >= 11 is 0. The van der Waals surface area contributed by atoms with E-state index in [-0.39, 0.29) is 31.6 Å². The van der Waals surface area contributed by atoms with Gasteiger partial charge in [0.05, 0.1) is 6.04 Å². The van der Waals surface area contributed by atoms with E-state index < -0.39 is 72.1 Å². The topological polar surface area (TPSA) is 225 Å². The molecule has 0 aromatic carbocycles. The number of nitrogens with one attached hydrogen (secondary N) is 3. The van der Waals surface area contributed by atoms with Crippen molar-refractivity contribution in [2.24, 2.45) is 17.6 Å². The Hall–Kier alpha value is -3.22. The van der Waals surface area contributed by atoms with Gasteiger partial charge in [0.25, 0.3) is 0 Å². The van der Waals surface area contributed by atoms with Crippen molar-refractivity contribution in [3.8, 4) is 0 Å². The van der Waals surface area contributed by atoms with Gasteiger partial charge in [0.15, 0.2) is 0 Å². The Bertz CT molecular complexity index is 755. The first-order valence-corrected chi connectivity index (χ1v) is 11.0. The number of hydrogen-bond acceptors (Lipinski definition) is 7. The summed E-state index contributed by atoms with van der Waals surface area (Å²) in [6.07, 6.45) is -1.19. The minimum absolute atomic E-state index is 0.0190. The Kier molecular flexibility index (Phi) is 13.4. The molecule has 0 fully saturated rings. The largest absolute Gasteiger partial charge is 0.481 e. The first-order valence-electron chi connectivity index (χ1n) is 11.0. The molecule has 0 radical (unpaired) electrons. The molecule has 4 atom stereocenters. The first kappa shape index (κ1) is 30.8. The van der Waals surface area contributed by atoms with Gasteiger partial charge in [-0.15, -0.1) is 0 Å². The standard InChI is InChI=1S/C21H36N4O9/c1-10(2)9-14(21(33)34)24-20(32)17(11(3)4)25-19(31)13(6-8-16(28)29)23-18(30)12(22)5-7-15(26)27/h10-14,17H,5-9,22H2,1-4H3,(H,23,30)(H,24,32)(H,25,31)(H,26,27)(H,28,29)(H,33,34). The normalized spacial score (nSPS) is 14.6. The van der Waals surface area contributed by atoms with Gasteiger partial charge in [-0.05, 0) is 31.1 Å². The summed E-state index contributed by atoms with van der Waals surface area (Å²) in [4.78, 5) is 71.0. The molecular formula is C21H36N4O9. The van der Waals surface area contributed by atoms with E-state index >= 15 is 0 Å². The van der Waals surface area contributed by atoms with Gasteiger partial charge in [0.2, 0.25) is 17.7 Å². The summed E-state index contributed by atoms with van der Waals surface area (Å²) in [5, 5.41) is 34.2. The fourth-order valence-corrected chi connectivity index (χ4v) is 2.97. The number of carbonyl (C=O) groups is 6. The van der Waals surface area contributed by atoms with Gasteiger partial charge in [-0.25, -0.2) is 4.79 Å². The lowest BCUT2D eigenvalue weighted by atomic mass is 9.99. The maximum Gasteiger partial charge on any atom is 0.326 e. The highest BCUT2D eigenvalue weighted by molar-refractivity contribution is 5.94. The summed E-state index contributed by atoms with van der Waals surface area (Å²) < 4.78 is 0. The van der Waals surface area contributed by atoms with Crippen LogP contribution in [0.4, 0.5) is 0 Å². The number of carboxylic acids is 3. The van der Waals surface area contributed by atoms with Gasteiger partial charge in [0.1, 0.15) is 18.1 Å². The predicted molar refractivity (Wildman–Crippen MR) is 119 cm³/mol. The molecule has 3 amide bonds. The Morgan fingerprint density at radius 1 is 0.706 bits per heavy atom. The number of rotatable bonds is 16. The molecular weight excluding hydrogens is 452 g/mol. The van der Waals surface area contributed by atoms with Crippen LogP contribution in [0.3, 0.4) is 0 Å². The third-order valence-corrected chi connectivity index (χ3v) is 4.85. The van der Waals surface area contributed by atoms with Crippen molar-refractivity contribution in [3.05, 3.63) is 0 Å². The average molecular weight is 489 g/mol. The fraction of sp³-hybridized carbons (Fsp3) is 0.714. The Labute approximate surface area is 197 Å². The molecule has 0 aliphatic heterocycles. The van der Waals surface area contributed by atoms with Crippen molar-refractivity contribution >= 4 is 35.6 Å². The summed E-state index contributed by atoms with van der Waals surface area (Å²) in [7, 11) is 0. The van der Waals surface area contributed by atoms with Crippen LogP contribution in [0.2, 0.25) is 0 Å². The SMILES string of the molecule is CC(C)CC(NC(=O)C(NC(=O)C(CCC(=O)O)NC(=O)C(N)CCC(=O)O)C(C)C)C(=O)O. The van der Waals surface area contributed by atoms with E-state index in [0.29, 0.717) is 0 Å². The van der Waals surface area contributed by atoms with Crippen LogP contribution in [-0.4, -0.2) is 75.1 Å². The maximum atomic E-state index is 12.8. The van der Waals surface area contributed by atoms with Crippen LogP contribution >= 0.6 is 0 Å². The van der Waals surface area contributed by atoms with Crippen molar-refractivity contribution in [1.82, 2.24) is 16.0 Å². The minimum atomic E-state index is -1.36. The number of amides is 3. The molecule has 0 bridgehead atoms. The zero-order valence-electron chi connectivity index (χ0n) is 19.9. The smallest absolute Gasteiger partial charge is 0.326 e. The second kappa shape index (κ2) is 14.8. The van der Waals surface area contributed by atoms with E-state index in [2.05, 4.69) is 16.0 Å². The highest BCUT2D eigenvalue weighted by atomic mass is 16.4. The highest BCUT2D eigenvalue weighted by Crippen LogP contribution is 2.09. The molecule has 4 unspecified atom stereocenters. The number of nitrogens with two attached hydrogens (primary N) is 1. The molecule has 194 valence electrons. The monoisotopic (exact) mass is 488 g/mol. The molecule has 0 saturated heterocycles. The molecule has 0 saturated carbocycles. The molecule has 0 heterocycles. The van der Waals surface area contributed by atoms with Gasteiger partial charge < -0.3 is 37.0 Å². The molecule has 0 aromatic rings. The van der Waals surface area contributed by atoms with Crippen LogP contribution in [0, 0.1) is 11.8 Å². The summed E-state index contributed by atoms with van der Waals surface area (Å²) in [6.45, 7) is 6.83. The molecule has 0 aliphatic carbocycles. The molecule has 13 nitrogen and oxygen atoms in total. The summed E-state index contributed by atoms with van der Waals surface area (Å²) in [5.41, 5.74) is 5.65. The van der Waals surface area contributed by atoms with E-state index in [1.807, 2.05) is 0 Å². The van der Waals surface area contributed by atoms with Crippen LogP contribution in [0.25, 0.3) is 0 Å². The van der Waals surface area contributed by atoms with Gasteiger partial charge in [0, 0.05) is 12.8 Å². The average Bonchev–Trinajstić information content (AvgIpc) is 2.71. The number of carbonyl (C=O) groups excluding carboxylic acids is 3. The second-order valence-corrected chi connectivity index (χ2v) is 8.79. The lowest BCUT2D eigenvalue weighted by Gasteiger charge is -2.27. The van der Waals surface area contributed by atoms with Gasteiger partial charge in [-0.3, -0.25) is 24.0 Å². The second-order valence-electron chi connectivity index (χ2n) is 8.79. The molecule has 0 aliphatic rings. The van der Waals surface area contributed by atoms with Crippen molar-refractivity contribution in [2.75, 3.05) is 0 Å². The van der Waals surface area contributed by atoms with Crippen LogP contribution < -0.4 is 21.7 Å². The zero-order valence-corrected chi connectivity index (χ0v) is 19.9. The molecule has 0 aromatic heterocycles. The lowest BCUT2D eigenvalue weighted by molar-refractivity contribution is -0.143. The molecule has 8 N–H and O–H groups in total. The van der Waals surface area contributed by atoms with Gasteiger partial charge in [-0.2, -0.15) is 0 Å². The zero-order chi connectivity index (χ0) is 26.6. The lowest BCUT2D eigenvalue weighted by Crippen LogP contribution is -2.58. The quantitative estimate of drug-likeness (QED) is 0.144. The molecule has 0 rings (SSSR count). The maximum absolute atomic E-state index is 12.8. The Morgan fingerprint density at radius 3 is 1.65 bits per heavy atom. The van der Waals surface area contributed by atoms with Gasteiger partial charge in [-0.1, -0.05) is 27.7 Å². The van der Waals surface area contributed by atoms with Crippen LogP contribution in [-0.2, 0) is 28.8 Å². The van der Waals surface area contributed by atoms with Crippen molar-refractivity contribution in [1.29, 1.82) is 0 Å². The van der Waals surface area contributed by atoms with E-state index in [4.69, 9.17) is 15.9 Å². The van der Waals surface area contributed by atoms with Crippen LogP contribution in [0.15, 0.2) is 0 Å². The van der Waals surface area contributed by atoms with E-state index in [1.54, 1.807) is 27.7 Å². The van der Waals surface area contributed by atoms with E-state index in [0.717, 1.165) is 0 Å². The Morgan fingerprint density at radius 2 is 1.21 bits per heavy atom. The fourth-order valence-electron chi connectivity index (χ4n) is 2.97. The van der Waals surface area contributed by atoms with Crippen LogP contribution in [0.1, 0.15) is 59.8 Å². The third kappa shape index (κ3) is 12.1. The molecule has 0 spiro atoms. The minimum Gasteiger partial charge on any atom is -0.481 e. The highest BCUT2D eigenvalue weighted by Gasteiger charge is 2.32. The van der Waals surface area contributed by atoms with E-state index in [1.165, 1.54) is 0 Å². The first-order chi connectivity index (χ1) is 15.6. The van der Waals surface area contributed by atoms with Crippen molar-refractivity contribution in [2.45, 2.75) is 84.0 Å². The van der Waals surface area contributed by atoms with Crippen molar-refractivity contribution < 1.29 is 44.1 Å². The Balaban J connectivity index is 5.47. The predicted octanol–water partition coefficient (Wildman–Crippen LogP) is -0.716. The summed E-state index contributed by atoms with van der Waals surface area (Å²) in [5.74, 6) is -6.54. The third-order valence-electron chi connectivity index (χ3n) is 4.85. The number of aliphatic carboxylic acids is 3. The van der Waals surface area contributed by atoms with Crippen LogP contribution in [0.5, 0.6) is 0 Å². The van der Waals surface area contributed by atoms with E-state index in [9.17, 15) is 33.9 Å². The van der Waals surface area contributed by atoms with Crippen molar-refractivity contribution in [3.63, 3.8) is 0 Å². The molecule has 13 heteroatoms.